The summed E-state index contributed by atoms with van der Waals surface area (Å²) < 4.78 is 5.48. The van der Waals surface area contributed by atoms with Crippen LogP contribution in [-0.2, 0) is 9.53 Å². The summed E-state index contributed by atoms with van der Waals surface area (Å²) >= 11 is 0. The Balaban J connectivity index is 2.49. The van der Waals surface area contributed by atoms with Gasteiger partial charge >= 0.3 is 0 Å². The highest BCUT2D eigenvalue weighted by Gasteiger charge is 2.24. The maximum absolute atomic E-state index is 11.2. The standard InChI is InChI=1S/C8H16N2O2/c1-6-4-10(8(11)3-9)5-7(2)12-6/h6-7H,3-5,9H2,1-2H3/t6-,7+. The van der Waals surface area contributed by atoms with E-state index in [0.717, 1.165) is 0 Å². The predicted octanol–water partition coefficient (Wildman–Crippen LogP) is -0.419. The minimum Gasteiger partial charge on any atom is -0.372 e. The molecule has 2 atom stereocenters. The fourth-order valence-electron chi connectivity index (χ4n) is 1.51. The van der Waals surface area contributed by atoms with Gasteiger partial charge in [-0.15, -0.1) is 0 Å². The number of carbonyl (C=O) groups excluding carboxylic acids is 1. The molecule has 0 saturated carbocycles. The molecule has 0 bridgehead atoms. The Hall–Kier alpha value is -0.610. The van der Waals surface area contributed by atoms with Crippen LogP contribution < -0.4 is 5.73 Å². The summed E-state index contributed by atoms with van der Waals surface area (Å²) in [5.41, 5.74) is 5.26. The van der Waals surface area contributed by atoms with E-state index in [1.807, 2.05) is 13.8 Å². The largest absolute Gasteiger partial charge is 0.372 e. The lowest BCUT2D eigenvalue weighted by Gasteiger charge is -2.35. The number of morpholine rings is 1. The Bertz CT molecular complexity index is 162. The minimum absolute atomic E-state index is 0.0111. The second-order valence-corrected chi connectivity index (χ2v) is 3.26. The minimum atomic E-state index is 0.0111. The van der Waals surface area contributed by atoms with Crippen LogP contribution in [0.15, 0.2) is 0 Å². The second kappa shape index (κ2) is 3.87. The van der Waals surface area contributed by atoms with Crippen molar-refractivity contribution in [2.45, 2.75) is 26.1 Å². The van der Waals surface area contributed by atoms with Gasteiger partial charge in [-0.2, -0.15) is 0 Å². The zero-order valence-electron chi connectivity index (χ0n) is 7.62. The number of ether oxygens (including phenoxy) is 1. The second-order valence-electron chi connectivity index (χ2n) is 3.26. The monoisotopic (exact) mass is 172 g/mol. The van der Waals surface area contributed by atoms with Crippen LogP contribution in [0.1, 0.15) is 13.8 Å². The molecule has 4 nitrogen and oxygen atoms in total. The molecule has 0 unspecified atom stereocenters. The lowest BCUT2D eigenvalue weighted by molar-refractivity contribution is -0.141. The molecule has 1 saturated heterocycles. The van der Waals surface area contributed by atoms with Gasteiger partial charge in [-0.25, -0.2) is 0 Å². The molecule has 1 aliphatic heterocycles. The number of nitrogens with zero attached hydrogens (tertiary/aromatic N) is 1. The van der Waals surface area contributed by atoms with Crippen molar-refractivity contribution in [1.29, 1.82) is 0 Å². The highest BCUT2D eigenvalue weighted by atomic mass is 16.5. The van der Waals surface area contributed by atoms with Crippen molar-refractivity contribution in [1.82, 2.24) is 4.90 Å². The summed E-state index contributed by atoms with van der Waals surface area (Å²) in [5, 5.41) is 0. The first-order valence-corrected chi connectivity index (χ1v) is 4.26. The van der Waals surface area contributed by atoms with Crippen molar-refractivity contribution in [2.24, 2.45) is 5.73 Å². The van der Waals surface area contributed by atoms with Gasteiger partial charge in [-0.05, 0) is 13.8 Å². The number of hydrogen-bond donors (Lipinski definition) is 1. The maximum Gasteiger partial charge on any atom is 0.236 e. The SMILES string of the molecule is C[C@@H]1CN(C(=O)CN)C[C@H](C)O1. The van der Waals surface area contributed by atoms with Gasteiger partial charge in [0.05, 0.1) is 18.8 Å². The summed E-state index contributed by atoms with van der Waals surface area (Å²) in [6.07, 6.45) is 0.258. The van der Waals surface area contributed by atoms with E-state index in [1.54, 1.807) is 4.90 Å². The van der Waals surface area contributed by atoms with E-state index in [9.17, 15) is 4.79 Å². The average Bonchev–Trinajstić information content (AvgIpc) is 2.01. The third-order valence-electron chi connectivity index (χ3n) is 1.95. The third-order valence-corrected chi connectivity index (χ3v) is 1.95. The summed E-state index contributed by atoms with van der Waals surface area (Å²) in [6.45, 7) is 5.36. The van der Waals surface area contributed by atoms with Gasteiger partial charge in [-0.3, -0.25) is 4.79 Å². The van der Waals surface area contributed by atoms with Gasteiger partial charge in [0.25, 0.3) is 0 Å². The number of rotatable bonds is 1. The lowest BCUT2D eigenvalue weighted by Crippen LogP contribution is -2.49. The first kappa shape index (κ1) is 9.48. The van der Waals surface area contributed by atoms with Crippen LogP contribution in [0.25, 0.3) is 0 Å². The molecule has 70 valence electrons. The van der Waals surface area contributed by atoms with Crippen molar-refractivity contribution in [3.63, 3.8) is 0 Å². The molecule has 0 aromatic carbocycles. The zero-order valence-corrected chi connectivity index (χ0v) is 7.62. The van der Waals surface area contributed by atoms with E-state index in [-0.39, 0.29) is 24.7 Å². The molecule has 4 heteroatoms. The first-order valence-electron chi connectivity index (χ1n) is 4.26. The molecule has 12 heavy (non-hydrogen) atoms. The Morgan fingerprint density at radius 1 is 1.50 bits per heavy atom. The number of nitrogens with two attached hydrogens (primary N) is 1. The Morgan fingerprint density at radius 3 is 2.42 bits per heavy atom. The van der Waals surface area contributed by atoms with Crippen molar-refractivity contribution in [3.05, 3.63) is 0 Å². The molecule has 0 radical (unpaired) electrons. The molecule has 1 aliphatic rings. The van der Waals surface area contributed by atoms with Crippen LogP contribution in [0, 0.1) is 0 Å². The highest BCUT2D eigenvalue weighted by Crippen LogP contribution is 2.09. The highest BCUT2D eigenvalue weighted by molar-refractivity contribution is 5.78. The molecular formula is C8H16N2O2. The molecule has 1 rings (SSSR count). The van der Waals surface area contributed by atoms with E-state index in [0.29, 0.717) is 13.1 Å². The molecule has 2 N–H and O–H groups in total. The summed E-state index contributed by atoms with van der Waals surface area (Å²) in [5.74, 6) is 0.0111. The Morgan fingerprint density at radius 2 is 2.00 bits per heavy atom. The van der Waals surface area contributed by atoms with Crippen molar-refractivity contribution in [2.75, 3.05) is 19.6 Å². The van der Waals surface area contributed by atoms with E-state index in [1.165, 1.54) is 0 Å². The van der Waals surface area contributed by atoms with Gasteiger partial charge in [0.2, 0.25) is 5.91 Å². The summed E-state index contributed by atoms with van der Waals surface area (Å²) in [7, 11) is 0. The number of carbonyl (C=O) groups is 1. The molecule has 0 aromatic heterocycles. The summed E-state index contributed by atoms with van der Waals surface area (Å²) in [6, 6.07) is 0. The lowest BCUT2D eigenvalue weighted by atomic mass is 10.2. The van der Waals surface area contributed by atoms with Crippen LogP contribution in [0.4, 0.5) is 0 Å². The molecule has 1 amide bonds. The van der Waals surface area contributed by atoms with Gasteiger partial charge < -0.3 is 15.4 Å². The van der Waals surface area contributed by atoms with Crippen LogP contribution in [0.5, 0.6) is 0 Å². The predicted molar refractivity (Wildman–Crippen MR) is 45.6 cm³/mol. The van der Waals surface area contributed by atoms with Crippen molar-refractivity contribution < 1.29 is 9.53 Å². The fraction of sp³-hybridized carbons (Fsp3) is 0.875. The smallest absolute Gasteiger partial charge is 0.236 e. The number of amides is 1. The Labute approximate surface area is 72.7 Å². The van der Waals surface area contributed by atoms with E-state index in [4.69, 9.17) is 10.5 Å². The van der Waals surface area contributed by atoms with Crippen molar-refractivity contribution >= 4 is 5.91 Å². The van der Waals surface area contributed by atoms with Crippen LogP contribution in [-0.4, -0.2) is 42.6 Å². The molecule has 1 fully saturated rings. The van der Waals surface area contributed by atoms with E-state index >= 15 is 0 Å². The summed E-state index contributed by atoms with van der Waals surface area (Å²) in [4.78, 5) is 13.0. The van der Waals surface area contributed by atoms with Gasteiger partial charge in [0, 0.05) is 13.1 Å². The van der Waals surface area contributed by atoms with E-state index in [2.05, 4.69) is 0 Å². The van der Waals surface area contributed by atoms with Crippen LogP contribution in [0.2, 0.25) is 0 Å². The van der Waals surface area contributed by atoms with Gasteiger partial charge in [0.1, 0.15) is 0 Å². The number of hydrogen-bond acceptors (Lipinski definition) is 3. The third kappa shape index (κ3) is 2.19. The topological polar surface area (TPSA) is 55.6 Å². The van der Waals surface area contributed by atoms with Gasteiger partial charge in [0.15, 0.2) is 0 Å². The van der Waals surface area contributed by atoms with Crippen molar-refractivity contribution in [3.8, 4) is 0 Å². The molecule has 0 aliphatic carbocycles. The van der Waals surface area contributed by atoms with E-state index < -0.39 is 0 Å². The first-order chi connectivity index (χ1) is 5.63. The van der Waals surface area contributed by atoms with Crippen LogP contribution in [0.3, 0.4) is 0 Å². The molecular weight excluding hydrogens is 156 g/mol. The molecule has 1 heterocycles. The average molecular weight is 172 g/mol. The zero-order chi connectivity index (χ0) is 9.14. The maximum atomic E-state index is 11.2. The normalized spacial score (nSPS) is 30.4. The molecule has 0 aromatic rings. The fourth-order valence-corrected chi connectivity index (χ4v) is 1.51. The quantitative estimate of drug-likeness (QED) is 0.584. The Kier molecular flexibility index (Phi) is 3.05. The van der Waals surface area contributed by atoms with Gasteiger partial charge in [-0.1, -0.05) is 0 Å². The molecule has 0 spiro atoms. The van der Waals surface area contributed by atoms with Crippen LogP contribution >= 0.6 is 0 Å².